The molecule has 1 unspecified atom stereocenters. The lowest BCUT2D eigenvalue weighted by atomic mass is 10.1. The van der Waals surface area contributed by atoms with Gasteiger partial charge in [0.25, 0.3) is 0 Å². The van der Waals surface area contributed by atoms with Crippen molar-refractivity contribution in [2.75, 3.05) is 19.6 Å². The topological polar surface area (TPSA) is 23.5 Å². The SMILES string of the molecule is CCN(CC)CCCCCC(C)O. The summed E-state index contributed by atoms with van der Waals surface area (Å²) in [5.41, 5.74) is 0. The molecule has 0 amide bonds. The number of nitrogens with zero attached hydrogens (tertiary/aromatic N) is 1. The summed E-state index contributed by atoms with van der Waals surface area (Å²) in [6, 6.07) is 0. The molecule has 0 aromatic heterocycles. The minimum Gasteiger partial charge on any atom is -0.393 e. The highest BCUT2D eigenvalue weighted by atomic mass is 16.3. The molecule has 0 fully saturated rings. The summed E-state index contributed by atoms with van der Waals surface area (Å²) < 4.78 is 0. The van der Waals surface area contributed by atoms with Gasteiger partial charge in [0.05, 0.1) is 6.10 Å². The van der Waals surface area contributed by atoms with Crippen LogP contribution in [0.1, 0.15) is 46.5 Å². The zero-order valence-corrected chi connectivity index (χ0v) is 9.42. The van der Waals surface area contributed by atoms with Crippen molar-refractivity contribution in [3.05, 3.63) is 0 Å². The van der Waals surface area contributed by atoms with E-state index in [-0.39, 0.29) is 6.10 Å². The van der Waals surface area contributed by atoms with Crippen molar-refractivity contribution < 1.29 is 5.11 Å². The van der Waals surface area contributed by atoms with Crippen LogP contribution in [0.3, 0.4) is 0 Å². The molecular weight excluding hydrogens is 162 g/mol. The van der Waals surface area contributed by atoms with E-state index in [9.17, 15) is 0 Å². The van der Waals surface area contributed by atoms with Crippen molar-refractivity contribution in [2.45, 2.75) is 52.6 Å². The molecule has 0 radical (unpaired) electrons. The fraction of sp³-hybridized carbons (Fsp3) is 1.00. The third-order valence-corrected chi connectivity index (χ3v) is 2.49. The van der Waals surface area contributed by atoms with Crippen LogP contribution in [0, 0.1) is 0 Å². The largest absolute Gasteiger partial charge is 0.393 e. The van der Waals surface area contributed by atoms with Crippen molar-refractivity contribution in [1.82, 2.24) is 4.90 Å². The first-order chi connectivity index (χ1) is 6.20. The fourth-order valence-corrected chi connectivity index (χ4v) is 1.49. The van der Waals surface area contributed by atoms with Crippen molar-refractivity contribution in [1.29, 1.82) is 0 Å². The maximum absolute atomic E-state index is 9.04. The fourth-order valence-electron chi connectivity index (χ4n) is 1.49. The Morgan fingerprint density at radius 3 is 2.15 bits per heavy atom. The molecule has 0 aliphatic rings. The van der Waals surface area contributed by atoms with E-state index in [4.69, 9.17) is 5.11 Å². The van der Waals surface area contributed by atoms with Gasteiger partial charge in [-0.25, -0.2) is 0 Å². The van der Waals surface area contributed by atoms with E-state index < -0.39 is 0 Å². The Morgan fingerprint density at radius 1 is 1.08 bits per heavy atom. The Hall–Kier alpha value is -0.0800. The molecule has 0 aromatic carbocycles. The van der Waals surface area contributed by atoms with Crippen molar-refractivity contribution in [2.24, 2.45) is 0 Å². The molecule has 0 aliphatic carbocycles. The molecule has 0 saturated heterocycles. The van der Waals surface area contributed by atoms with Crippen LogP contribution in [0.5, 0.6) is 0 Å². The van der Waals surface area contributed by atoms with E-state index in [0.717, 1.165) is 19.5 Å². The minimum absolute atomic E-state index is 0.117. The second-order valence-electron chi connectivity index (χ2n) is 3.73. The van der Waals surface area contributed by atoms with Gasteiger partial charge in [-0.1, -0.05) is 26.7 Å². The molecule has 0 saturated carbocycles. The molecule has 80 valence electrons. The van der Waals surface area contributed by atoms with Crippen LogP contribution in [-0.4, -0.2) is 35.7 Å². The Morgan fingerprint density at radius 2 is 1.69 bits per heavy atom. The summed E-state index contributed by atoms with van der Waals surface area (Å²) in [6.07, 6.45) is 4.53. The molecule has 1 N–H and O–H groups in total. The Labute approximate surface area is 82.9 Å². The van der Waals surface area contributed by atoms with E-state index in [2.05, 4.69) is 18.7 Å². The van der Waals surface area contributed by atoms with Gasteiger partial charge < -0.3 is 10.0 Å². The molecule has 2 heteroatoms. The molecular formula is C11H25NO. The number of aliphatic hydroxyl groups is 1. The third kappa shape index (κ3) is 8.26. The van der Waals surface area contributed by atoms with Gasteiger partial charge in [0, 0.05) is 0 Å². The number of aliphatic hydroxyl groups excluding tert-OH is 1. The lowest BCUT2D eigenvalue weighted by Crippen LogP contribution is -2.23. The molecule has 0 heterocycles. The van der Waals surface area contributed by atoms with Gasteiger partial charge in [-0.3, -0.25) is 0 Å². The number of hydrogen-bond donors (Lipinski definition) is 1. The zero-order valence-electron chi connectivity index (χ0n) is 9.42. The van der Waals surface area contributed by atoms with Gasteiger partial charge in [0.1, 0.15) is 0 Å². The number of unbranched alkanes of at least 4 members (excludes halogenated alkanes) is 2. The molecule has 0 aliphatic heterocycles. The summed E-state index contributed by atoms with van der Waals surface area (Å²) in [6.45, 7) is 9.82. The van der Waals surface area contributed by atoms with E-state index in [1.54, 1.807) is 0 Å². The highest BCUT2D eigenvalue weighted by Crippen LogP contribution is 2.04. The van der Waals surface area contributed by atoms with Crippen LogP contribution in [0.2, 0.25) is 0 Å². The van der Waals surface area contributed by atoms with E-state index in [1.165, 1.54) is 25.8 Å². The summed E-state index contributed by atoms with van der Waals surface area (Å²) >= 11 is 0. The first-order valence-corrected chi connectivity index (χ1v) is 5.61. The normalized spacial score (nSPS) is 13.6. The Balaban J connectivity index is 3.14. The summed E-state index contributed by atoms with van der Waals surface area (Å²) in [5, 5.41) is 9.04. The molecule has 0 spiro atoms. The molecule has 0 bridgehead atoms. The minimum atomic E-state index is -0.117. The van der Waals surface area contributed by atoms with Crippen LogP contribution < -0.4 is 0 Å². The number of rotatable bonds is 8. The van der Waals surface area contributed by atoms with Crippen LogP contribution in [0.4, 0.5) is 0 Å². The van der Waals surface area contributed by atoms with Gasteiger partial charge in [-0.2, -0.15) is 0 Å². The summed E-state index contributed by atoms with van der Waals surface area (Å²) in [5.74, 6) is 0. The first kappa shape index (κ1) is 12.9. The van der Waals surface area contributed by atoms with Gasteiger partial charge >= 0.3 is 0 Å². The third-order valence-electron chi connectivity index (χ3n) is 2.49. The molecule has 0 aromatic rings. The summed E-state index contributed by atoms with van der Waals surface area (Å²) in [7, 11) is 0. The van der Waals surface area contributed by atoms with E-state index in [0.29, 0.717) is 0 Å². The zero-order chi connectivity index (χ0) is 10.1. The van der Waals surface area contributed by atoms with Crippen LogP contribution in [0.25, 0.3) is 0 Å². The van der Waals surface area contributed by atoms with Crippen molar-refractivity contribution in [3.63, 3.8) is 0 Å². The highest BCUT2D eigenvalue weighted by molar-refractivity contribution is 4.54. The Bertz CT molecular complexity index is 100. The molecule has 2 nitrogen and oxygen atoms in total. The van der Waals surface area contributed by atoms with Crippen molar-refractivity contribution in [3.8, 4) is 0 Å². The van der Waals surface area contributed by atoms with E-state index in [1.807, 2.05) is 6.92 Å². The highest BCUT2D eigenvalue weighted by Gasteiger charge is 1.99. The van der Waals surface area contributed by atoms with Crippen LogP contribution >= 0.6 is 0 Å². The van der Waals surface area contributed by atoms with E-state index >= 15 is 0 Å². The average Bonchev–Trinajstić information content (AvgIpc) is 2.11. The molecule has 0 rings (SSSR count). The Kier molecular flexibility index (Phi) is 8.46. The molecule has 13 heavy (non-hydrogen) atoms. The second kappa shape index (κ2) is 8.52. The lowest BCUT2D eigenvalue weighted by Gasteiger charge is -2.17. The van der Waals surface area contributed by atoms with Crippen molar-refractivity contribution >= 4 is 0 Å². The maximum Gasteiger partial charge on any atom is 0.0512 e. The smallest absolute Gasteiger partial charge is 0.0512 e. The first-order valence-electron chi connectivity index (χ1n) is 5.61. The monoisotopic (exact) mass is 187 g/mol. The predicted octanol–water partition coefficient (Wildman–Crippen LogP) is 2.27. The number of hydrogen-bond acceptors (Lipinski definition) is 2. The van der Waals surface area contributed by atoms with Crippen LogP contribution in [0.15, 0.2) is 0 Å². The quantitative estimate of drug-likeness (QED) is 0.589. The van der Waals surface area contributed by atoms with Gasteiger partial charge in [-0.05, 0) is 39.4 Å². The van der Waals surface area contributed by atoms with Gasteiger partial charge in [-0.15, -0.1) is 0 Å². The lowest BCUT2D eigenvalue weighted by molar-refractivity contribution is 0.179. The standard InChI is InChI=1S/C11H25NO/c1-4-12(5-2)10-8-6-7-9-11(3)13/h11,13H,4-10H2,1-3H3. The van der Waals surface area contributed by atoms with Gasteiger partial charge in [0.2, 0.25) is 0 Å². The van der Waals surface area contributed by atoms with Crippen LogP contribution in [-0.2, 0) is 0 Å². The maximum atomic E-state index is 9.04. The summed E-state index contributed by atoms with van der Waals surface area (Å²) in [4.78, 5) is 2.45. The molecule has 1 atom stereocenters. The predicted molar refractivity (Wildman–Crippen MR) is 57.9 cm³/mol. The second-order valence-corrected chi connectivity index (χ2v) is 3.73. The average molecular weight is 187 g/mol. The van der Waals surface area contributed by atoms with Gasteiger partial charge in [0.15, 0.2) is 0 Å².